The average Bonchev–Trinajstić information content (AvgIpc) is 2.57. The summed E-state index contributed by atoms with van der Waals surface area (Å²) in [4.78, 5) is 11.7. The number of nitrogens with zero attached hydrogens (tertiary/aromatic N) is 1. The zero-order valence-corrected chi connectivity index (χ0v) is 12.3. The molecule has 0 amide bonds. The number of fused-ring (bicyclic) bond motifs is 3. The van der Waals surface area contributed by atoms with Crippen molar-refractivity contribution in [2.75, 3.05) is 0 Å². The SMILES string of the molecule is O=c1cc2n(cc1O)-c1cccc(-c3ccccc3)c1CC2O. The summed E-state index contributed by atoms with van der Waals surface area (Å²) < 4.78 is 1.70. The minimum atomic E-state index is -0.777. The van der Waals surface area contributed by atoms with Gasteiger partial charge in [0.25, 0.3) is 0 Å². The van der Waals surface area contributed by atoms with E-state index in [2.05, 4.69) is 0 Å². The number of benzene rings is 2. The van der Waals surface area contributed by atoms with Crippen LogP contribution >= 0.6 is 0 Å². The number of aromatic nitrogens is 1. The zero-order chi connectivity index (χ0) is 16.0. The first-order chi connectivity index (χ1) is 11.1. The second-order valence-corrected chi connectivity index (χ2v) is 5.71. The molecule has 1 aliphatic rings. The fourth-order valence-corrected chi connectivity index (χ4v) is 3.20. The number of rotatable bonds is 1. The number of hydrogen-bond acceptors (Lipinski definition) is 3. The van der Waals surface area contributed by atoms with Crippen LogP contribution in [0.1, 0.15) is 17.4 Å². The third kappa shape index (κ3) is 2.15. The Hall–Kier alpha value is -2.85. The lowest BCUT2D eigenvalue weighted by Gasteiger charge is -2.28. The Morgan fingerprint density at radius 3 is 2.61 bits per heavy atom. The van der Waals surface area contributed by atoms with Crippen molar-refractivity contribution >= 4 is 0 Å². The quantitative estimate of drug-likeness (QED) is 0.726. The number of aliphatic hydroxyl groups is 1. The fraction of sp³-hybridized carbons (Fsp3) is 0.105. The van der Waals surface area contributed by atoms with Crippen LogP contribution < -0.4 is 5.43 Å². The van der Waals surface area contributed by atoms with Gasteiger partial charge in [0, 0.05) is 18.2 Å². The second-order valence-electron chi connectivity index (χ2n) is 5.71. The van der Waals surface area contributed by atoms with Crippen molar-refractivity contribution in [3.8, 4) is 22.6 Å². The Morgan fingerprint density at radius 2 is 1.83 bits per heavy atom. The summed E-state index contributed by atoms with van der Waals surface area (Å²) in [7, 11) is 0. The molecule has 0 radical (unpaired) electrons. The van der Waals surface area contributed by atoms with Crippen LogP contribution in [0.3, 0.4) is 0 Å². The Kier molecular flexibility index (Phi) is 3.06. The molecule has 4 rings (SSSR count). The lowest BCUT2D eigenvalue weighted by atomic mass is 9.90. The Balaban J connectivity index is 2.00. The van der Waals surface area contributed by atoms with Crippen LogP contribution in [-0.4, -0.2) is 14.8 Å². The van der Waals surface area contributed by atoms with Crippen molar-refractivity contribution < 1.29 is 10.2 Å². The highest BCUT2D eigenvalue weighted by atomic mass is 16.3. The van der Waals surface area contributed by atoms with Crippen molar-refractivity contribution in [1.29, 1.82) is 0 Å². The van der Waals surface area contributed by atoms with Crippen LogP contribution in [0.15, 0.2) is 65.6 Å². The Morgan fingerprint density at radius 1 is 1.04 bits per heavy atom. The van der Waals surface area contributed by atoms with E-state index in [4.69, 9.17) is 0 Å². The Bertz CT molecular complexity index is 945. The van der Waals surface area contributed by atoms with E-state index in [-0.39, 0.29) is 5.75 Å². The van der Waals surface area contributed by atoms with Crippen molar-refractivity contribution in [3.63, 3.8) is 0 Å². The molecule has 0 spiro atoms. The molecule has 0 saturated heterocycles. The van der Waals surface area contributed by atoms with E-state index < -0.39 is 11.5 Å². The molecule has 0 bridgehead atoms. The maximum absolute atomic E-state index is 11.7. The highest BCUT2D eigenvalue weighted by molar-refractivity contribution is 5.72. The van der Waals surface area contributed by atoms with Crippen LogP contribution in [0.25, 0.3) is 16.8 Å². The first-order valence-electron chi connectivity index (χ1n) is 7.46. The molecule has 1 aliphatic heterocycles. The normalized spacial score (nSPS) is 15.8. The minimum absolute atomic E-state index is 0.320. The van der Waals surface area contributed by atoms with E-state index in [1.807, 2.05) is 48.5 Å². The smallest absolute Gasteiger partial charge is 0.223 e. The molecule has 23 heavy (non-hydrogen) atoms. The molecule has 4 nitrogen and oxygen atoms in total. The largest absolute Gasteiger partial charge is 0.503 e. The molecule has 2 aromatic carbocycles. The van der Waals surface area contributed by atoms with Crippen molar-refractivity contribution in [3.05, 3.63) is 82.3 Å². The minimum Gasteiger partial charge on any atom is -0.503 e. The van der Waals surface area contributed by atoms with Gasteiger partial charge in [-0.25, -0.2) is 0 Å². The van der Waals surface area contributed by atoms with Gasteiger partial charge < -0.3 is 14.8 Å². The molecule has 1 atom stereocenters. The predicted octanol–water partition coefficient (Wildman–Crippen LogP) is 2.80. The van der Waals surface area contributed by atoms with Crippen molar-refractivity contribution in [1.82, 2.24) is 4.57 Å². The average molecular weight is 305 g/mol. The molecule has 114 valence electrons. The molecule has 2 N–H and O–H groups in total. The lowest BCUT2D eigenvalue weighted by molar-refractivity contribution is 0.166. The molecular weight excluding hydrogens is 290 g/mol. The molecule has 0 fully saturated rings. The summed E-state index contributed by atoms with van der Waals surface area (Å²) in [5, 5.41) is 20.2. The topological polar surface area (TPSA) is 62.5 Å². The number of hydrogen-bond donors (Lipinski definition) is 2. The molecule has 0 saturated carbocycles. The van der Waals surface area contributed by atoms with Gasteiger partial charge in [0.15, 0.2) is 5.75 Å². The lowest BCUT2D eigenvalue weighted by Crippen LogP contribution is -2.22. The van der Waals surface area contributed by atoms with Gasteiger partial charge in [0.2, 0.25) is 5.43 Å². The summed E-state index contributed by atoms with van der Waals surface area (Å²) in [5.74, 6) is -0.320. The van der Waals surface area contributed by atoms with Gasteiger partial charge in [-0.3, -0.25) is 4.79 Å². The van der Waals surface area contributed by atoms with Crippen molar-refractivity contribution in [2.24, 2.45) is 0 Å². The van der Waals surface area contributed by atoms with Crippen LogP contribution in [0.2, 0.25) is 0 Å². The summed E-state index contributed by atoms with van der Waals surface area (Å²) in [6.45, 7) is 0. The van der Waals surface area contributed by atoms with E-state index in [1.54, 1.807) is 4.57 Å². The van der Waals surface area contributed by atoms with E-state index in [9.17, 15) is 15.0 Å². The molecule has 3 aromatic rings. The molecular formula is C19H15NO3. The third-order valence-corrected chi connectivity index (χ3v) is 4.30. The monoisotopic (exact) mass is 305 g/mol. The highest BCUT2D eigenvalue weighted by Crippen LogP contribution is 2.36. The van der Waals surface area contributed by atoms with Crippen LogP contribution in [-0.2, 0) is 6.42 Å². The summed E-state index contributed by atoms with van der Waals surface area (Å²) in [5.41, 5.74) is 4.03. The highest BCUT2D eigenvalue weighted by Gasteiger charge is 2.25. The molecule has 2 heterocycles. The number of aromatic hydroxyl groups is 1. The van der Waals surface area contributed by atoms with Crippen LogP contribution in [0, 0.1) is 0 Å². The van der Waals surface area contributed by atoms with Gasteiger partial charge in [0.05, 0.1) is 18.0 Å². The van der Waals surface area contributed by atoms with Gasteiger partial charge in [-0.1, -0.05) is 42.5 Å². The number of pyridine rings is 1. The molecule has 4 heteroatoms. The predicted molar refractivity (Wildman–Crippen MR) is 87.8 cm³/mol. The molecule has 1 aromatic heterocycles. The molecule has 0 aliphatic carbocycles. The first-order valence-corrected chi connectivity index (χ1v) is 7.46. The van der Waals surface area contributed by atoms with E-state index >= 15 is 0 Å². The van der Waals surface area contributed by atoms with E-state index in [1.165, 1.54) is 12.3 Å². The molecule has 1 unspecified atom stereocenters. The van der Waals surface area contributed by atoms with E-state index in [0.717, 1.165) is 22.4 Å². The van der Waals surface area contributed by atoms with Crippen molar-refractivity contribution in [2.45, 2.75) is 12.5 Å². The van der Waals surface area contributed by atoms with Gasteiger partial charge in [-0.05, 0) is 22.8 Å². The van der Waals surface area contributed by atoms with E-state index in [0.29, 0.717) is 12.1 Å². The Labute approximate surface area is 132 Å². The number of aliphatic hydroxyl groups excluding tert-OH is 1. The van der Waals surface area contributed by atoms with Crippen LogP contribution in [0.4, 0.5) is 0 Å². The van der Waals surface area contributed by atoms with Gasteiger partial charge in [-0.2, -0.15) is 0 Å². The third-order valence-electron chi connectivity index (χ3n) is 4.30. The zero-order valence-electron chi connectivity index (χ0n) is 12.3. The standard InChI is InChI=1S/C19H15NO3/c21-17-9-14-13(12-5-2-1-3-6-12)7-4-8-15(14)20-11-19(23)18(22)10-16(17)20/h1-8,10-11,17,21,23H,9H2. The summed E-state index contributed by atoms with van der Waals surface area (Å²) >= 11 is 0. The maximum Gasteiger partial charge on any atom is 0.223 e. The van der Waals surface area contributed by atoms with Gasteiger partial charge in [0.1, 0.15) is 0 Å². The van der Waals surface area contributed by atoms with Gasteiger partial charge >= 0.3 is 0 Å². The second kappa shape index (κ2) is 5.11. The summed E-state index contributed by atoms with van der Waals surface area (Å²) in [6, 6.07) is 17.2. The fourth-order valence-electron chi connectivity index (χ4n) is 3.20. The maximum atomic E-state index is 11.7. The van der Waals surface area contributed by atoms with Crippen LogP contribution in [0.5, 0.6) is 5.75 Å². The first kappa shape index (κ1) is 13.8. The summed E-state index contributed by atoms with van der Waals surface area (Å²) in [6.07, 6.45) is 1.04. The van der Waals surface area contributed by atoms with Gasteiger partial charge in [-0.15, -0.1) is 0 Å².